The van der Waals surface area contributed by atoms with Gasteiger partial charge in [0.2, 0.25) is 12.6 Å². The molecular weight excluding hydrogens is 492 g/mol. The van der Waals surface area contributed by atoms with Gasteiger partial charge in [-0.25, -0.2) is 14.4 Å². The van der Waals surface area contributed by atoms with Gasteiger partial charge in [-0.2, -0.15) is 0 Å². The van der Waals surface area contributed by atoms with E-state index < -0.39 is 30.7 Å². The molecule has 0 N–H and O–H groups in total. The highest BCUT2D eigenvalue weighted by Crippen LogP contribution is 2.36. The normalized spacial score (nSPS) is 15.4. The molecule has 0 bridgehead atoms. The lowest BCUT2D eigenvalue weighted by molar-refractivity contribution is -0.350. The molecule has 0 saturated carbocycles. The molecule has 9 heteroatoms. The van der Waals surface area contributed by atoms with Gasteiger partial charge in [-0.1, -0.05) is 81.4 Å². The summed E-state index contributed by atoms with van der Waals surface area (Å²) in [6.45, 7) is 26.8. The highest BCUT2D eigenvalue weighted by atomic mass is 17.2. The van der Waals surface area contributed by atoms with Gasteiger partial charge in [0, 0.05) is 25.0 Å². The zero-order valence-corrected chi connectivity index (χ0v) is 25.9. The Bertz CT molecular complexity index is 797. The summed E-state index contributed by atoms with van der Waals surface area (Å²) < 4.78 is 9.75. The molecule has 0 aliphatic heterocycles. The average Bonchev–Trinajstić information content (AvgIpc) is 2.65. The number of carbonyl (C=O) groups is 3. The molecule has 0 rings (SSSR count). The summed E-state index contributed by atoms with van der Waals surface area (Å²) in [7, 11) is 0. The second-order valence-corrected chi connectivity index (χ2v) is 13.7. The third-order valence-electron chi connectivity index (χ3n) is 4.87. The van der Waals surface area contributed by atoms with Crippen LogP contribution in [0.1, 0.15) is 110 Å². The van der Waals surface area contributed by atoms with E-state index in [1.165, 1.54) is 13.8 Å². The Morgan fingerprint density at radius 3 is 1.16 bits per heavy atom. The van der Waals surface area contributed by atoms with Gasteiger partial charge in [0.15, 0.2) is 0 Å². The summed E-state index contributed by atoms with van der Waals surface area (Å²) in [5.41, 5.74) is 0.434. The van der Waals surface area contributed by atoms with Crippen LogP contribution in [0.2, 0.25) is 0 Å². The van der Waals surface area contributed by atoms with Crippen molar-refractivity contribution in [3.63, 3.8) is 0 Å². The van der Waals surface area contributed by atoms with Crippen LogP contribution in [0.15, 0.2) is 23.3 Å². The molecule has 2 atom stereocenters. The summed E-state index contributed by atoms with van der Waals surface area (Å²) >= 11 is 0. The second-order valence-electron chi connectivity index (χ2n) is 13.7. The van der Waals surface area contributed by atoms with Crippen LogP contribution in [0.3, 0.4) is 0 Å². The maximum atomic E-state index is 12.3. The van der Waals surface area contributed by atoms with Gasteiger partial charge in [-0.15, -0.1) is 9.78 Å². The smallest absolute Gasteiger partial charge is 0.401 e. The van der Waals surface area contributed by atoms with Crippen LogP contribution < -0.4 is 0 Å². The Morgan fingerprint density at radius 2 is 0.895 bits per heavy atom. The molecule has 0 aromatic heterocycles. The van der Waals surface area contributed by atoms with Crippen molar-refractivity contribution in [1.82, 2.24) is 0 Å². The monoisotopic (exact) mass is 542 g/mol. The van der Waals surface area contributed by atoms with E-state index in [0.717, 1.165) is 12.8 Å². The van der Waals surface area contributed by atoms with E-state index >= 15 is 0 Å². The lowest BCUT2D eigenvalue weighted by Gasteiger charge is -2.30. The molecule has 0 heterocycles. The lowest BCUT2D eigenvalue weighted by Crippen LogP contribution is -2.26. The van der Waals surface area contributed by atoms with Gasteiger partial charge in [-0.3, -0.25) is 9.78 Å². The summed E-state index contributed by atoms with van der Waals surface area (Å²) in [4.78, 5) is 55.7. The number of hydrogen-bond acceptors (Lipinski definition) is 9. The van der Waals surface area contributed by atoms with Crippen LogP contribution in [0, 0.1) is 21.7 Å². The van der Waals surface area contributed by atoms with Gasteiger partial charge < -0.3 is 9.47 Å². The van der Waals surface area contributed by atoms with Gasteiger partial charge in [0.25, 0.3) is 0 Å². The minimum absolute atomic E-state index is 0.0844. The summed E-state index contributed by atoms with van der Waals surface area (Å²) in [6, 6.07) is 0. The van der Waals surface area contributed by atoms with E-state index in [-0.39, 0.29) is 21.7 Å². The number of rotatable bonds is 12. The van der Waals surface area contributed by atoms with Crippen molar-refractivity contribution < 1.29 is 43.4 Å². The first-order valence-corrected chi connectivity index (χ1v) is 12.9. The van der Waals surface area contributed by atoms with Gasteiger partial charge >= 0.3 is 18.1 Å². The molecule has 220 valence electrons. The molecule has 0 aromatic rings. The van der Waals surface area contributed by atoms with Crippen molar-refractivity contribution >= 4 is 18.1 Å². The third-order valence-corrected chi connectivity index (χ3v) is 4.87. The zero-order valence-electron chi connectivity index (χ0n) is 25.9. The molecule has 9 nitrogen and oxygen atoms in total. The Kier molecular flexibility index (Phi) is 13.2. The average molecular weight is 543 g/mol. The van der Waals surface area contributed by atoms with Crippen molar-refractivity contribution in [3.05, 3.63) is 23.3 Å². The molecular formula is C29H50O9. The summed E-state index contributed by atoms with van der Waals surface area (Å²) in [5, 5.41) is 0. The number of hydrogen-bond donors (Lipinski definition) is 0. The molecule has 0 spiro atoms. The predicted molar refractivity (Wildman–Crippen MR) is 144 cm³/mol. The summed E-state index contributed by atoms with van der Waals surface area (Å²) in [6.07, 6.45) is 1.68. The minimum Gasteiger partial charge on any atom is -0.401 e. The minimum atomic E-state index is -1.26. The SMILES string of the molecule is C/C(=C/C(C)(C)CC(C)(C)C)C(=O)OOC(C)OC(=O)OC(C)OOC(=O)/C(C)=C\C(C)(C)CC(C)(C)C. The first-order valence-electron chi connectivity index (χ1n) is 12.9. The van der Waals surface area contributed by atoms with Gasteiger partial charge in [0.1, 0.15) is 0 Å². The van der Waals surface area contributed by atoms with Crippen LogP contribution in [0.5, 0.6) is 0 Å². The molecule has 0 fully saturated rings. The molecule has 38 heavy (non-hydrogen) atoms. The third kappa shape index (κ3) is 17.2. The molecule has 0 aromatic carbocycles. The molecule has 0 aliphatic carbocycles. The summed E-state index contributed by atoms with van der Waals surface area (Å²) in [5.74, 6) is -1.40. The molecule has 0 aliphatic rings. The van der Waals surface area contributed by atoms with Gasteiger partial charge in [0.05, 0.1) is 0 Å². The second kappa shape index (κ2) is 14.1. The highest BCUT2D eigenvalue weighted by Gasteiger charge is 2.27. The first-order chi connectivity index (χ1) is 16.9. The largest absolute Gasteiger partial charge is 0.513 e. The van der Waals surface area contributed by atoms with E-state index in [4.69, 9.17) is 29.0 Å². The Labute approximate surface area is 229 Å². The van der Waals surface area contributed by atoms with Crippen molar-refractivity contribution in [3.8, 4) is 0 Å². The first kappa shape index (κ1) is 35.6. The Balaban J connectivity index is 4.64. The lowest BCUT2D eigenvalue weighted by atomic mass is 9.75. The highest BCUT2D eigenvalue weighted by molar-refractivity contribution is 5.87. The van der Waals surface area contributed by atoms with Crippen molar-refractivity contribution in [2.45, 2.75) is 122 Å². The van der Waals surface area contributed by atoms with Crippen molar-refractivity contribution in [2.24, 2.45) is 21.7 Å². The van der Waals surface area contributed by atoms with Gasteiger partial charge in [-0.05, 0) is 48.3 Å². The molecule has 0 saturated heterocycles. The maximum absolute atomic E-state index is 12.3. The van der Waals surface area contributed by atoms with Crippen molar-refractivity contribution in [1.29, 1.82) is 0 Å². The Hall–Kier alpha value is -2.39. The molecule has 2 unspecified atom stereocenters. The fourth-order valence-corrected chi connectivity index (χ4v) is 4.82. The maximum Gasteiger partial charge on any atom is 0.513 e. The van der Waals surface area contributed by atoms with E-state index in [2.05, 4.69) is 41.5 Å². The van der Waals surface area contributed by atoms with E-state index in [1.807, 2.05) is 39.8 Å². The number of allylic oxidation sites excluding steroid dienone is 2. The van der Waals surface area contributed by atoms with Crippen LogP contribution in [-0.4, -0.2) is 30.7 Å². The standard InChI is InChI=1S/C29H50O9/c1-19(15-28(11,12)17-26(5,6)7)23(30)37-35-21(3)33-25(32)34-22(4)36-38-24(31)20(2)16-29(13,14)18-27(8,9)10/h15-16,21-22H,17-18H2,1-14H3/b19-15-,20-16-. The molecule has 0 radical (unpaired) electrons. The number of ether oxygens (including phenoxy) is 2. The van der Waals surface area contributed by atoms with E-state index in [1.54, 1.807) is 13.8 Å². The van der Waals surface area contributed by atoms with Crippen LogP contribution in [0.4, 0.5) is 4.79 Å². The van der Waals surface area contributed by atoms with Crippen molar-refractivity contribution in [2.75, 3.05) is 0 Å². The quantitative estimate of drug-likeness (QED) is 0.0810. The topological polar surface area (TPSA) is 107 Å². The zero-order chi connectivity index (χ0) is 30.1. The van der Waals surface area contributed by atoms with E-state index in [9.17, 15) is 14.4 Å². The van der Waals surface area contributed by atoms with E-state index in [0.29, 0.717) is 11.1 Å². The van der Waals surface area contributed by atoms with Crippen LogP contribution in [0.25, 0.3) is 0 Å². The van der Waals surface area contributed by atoms with Crippen LogP contribution >= 0.6 is 0 Å². The van der Waals surface area contributed by atoms with Crippen LogP contribution in [-0.2, 0) is 38.6 Å². The Morgan fingerprint density at radius 1 is 0.605 bits per heavy atom. The fraction of sp³-hybridized carbons (Fsp3) is 0.759. The number of carbonyl (C=O) groups excluding carboxylic acids is 3. The fourth-order valence-electron chi connectivity index (χ4n) is 4.82. The predicted octanol–water partition coefficient (Wildman–Crippen LogP) is 7.60. The molecule has 0 amide bonds.